The zero-order valence-corrected chi connectivity index (χ0v) is 34.2. The van der Waals surface area contributed by atoms with Crippen LogP contribution in [0.15, 0.2) is 115 Å². The van der Waals surface area contributed by atoms with Gasteiger partial charge in [-0.1, -0.05) is 66.2 Å². The maximum Gasteiger partial charge on any atom is 0.407 e. The van der Waals surface area contributed by atoms with Crippen molar-refractivity contribution in [3.63, 3.8) is 0 Å². The van der Waals surface area contributed by atoms with Crippen LogP contribution in [0.3, 0.4) is 0 Å². The summed E-state index contributed by atoms with van der Waals surface area (Å²) in [6.45, 7) is 13.6. The number of ether oxygens (including phenoxy) is 2. The van der Waals surface area contributed by atoms with Gasteiger partial charge in [0.25, 0.3) is 10.0 Å². The SMILES string of the molecule is CC(C)(C)OC(=O)NCc1ccc(-c2ncnc3[nH]ccc23)cc1.Cc1ccc(S(=O)(=O)n2ccc3c(-c4ccc(CNC(=O)OC(C)(C)C)cc4)ncnc32)cc1. The highest BCUT2D eigenvalue weighted by Crippen LogP contribution is 2.29. The Morgan fingerprint density at radius 1 is 0.655 bits per heavy atom. The normalized spacial score (nSPS) is 11.8. The first-order valence-electron chi connectivity index (χ1n) is 18.5. The third-order valence-electron chi connectivity index (χ3n) is 8.51. The van der Waals surface area contributed by atoms with Crippen molar-refractivity contribution < 1.29 is 27.5 Å². The molecule has 0 aliphatic heterocycles. The van der Waals surface area contributed by atoms with Crippen LogP contribution in [0.4, 0.5) is 9.59 Å². The Balaban J connectivity index is 0.000000208. The Morgan fingerprint density at radius 3 is 1.67 bits per heavy atom. The fraction of sp³-hybridized carbons (Fsp3) is 0.256. The van der Waals surface area contributed by atoms with Crippen molar-refractivity contribution >= 4 is 44.3 Å². The van der Waals surface area contributed by atoms with Gasteiger partial charge in [-0.2, -0.15) is 0 Å². The zero-order valence-electron chi connectivity index (χ0n) is 33.4. The number of alkyl carbamates (subject to hydrolysis) is 2. The monoisotopic (exact) mass is 802 g/mol. The molecule has 0 saturated heterocycles. The average Bonchev–Trinajstić information content (AvgIpc) is 3.84. The number of nitrogens with one attached hydrogen (secondary N) is 3. The van der Waals surface area contributed by atoms with E-state index in [1.807, 2.05) is 109 Å². The van der Waals surface area contributed by atoms with E-state index in [-0.39, 0.29) is 4.90 Å². The number of aryl methyl sites for hydroxylation is 1. The lowest BCUT2D eigenvalue weighted by Gasteiger charge is -2.19. The van der Waals surface area contributed by atoms with Gasteiger partial charge in [0.2, 0.25) is 0 Å². The average molecular weight is 803 g/mol. The van der Waals surface area contributed by atoms with Gasteiger partial charge in [0, 0.05) is 47.4 Å². The van der Waals surface area contributed by atoms with Crippen molar-refractivity contribution in [2.75, 3.05) is 0 Å². The number of H-pyrrole nitrogens is 1. The van der Waals surface area contributed by atoms with E-state index in [4.69, 9.17) is 9.47 Å². The second kappa shape index (κ2) is 16.9. The molecule has 0 spiro atoms. The number of hydrogen-bond acceptors (Lipinski definition) is 10. The summed E-state index contributed by atoms with van der Waals surface area (Å²) in [4.78, 5) is 44.0. The zero-order chi connectivity index (χ0) is 41.7. The Morgan fingerprint density at radius 2 is 1.16 bits per heavy atom. The Kier molecular flexibility index (Phi) is 11.9. The predicted octanol–water partition coefficient (Wildman–Crippen LogP) is 8.32. The summed E-state index contributed by atoms with van der Waals surface area (Å²) in [6.07, 6.45) is 5.35. The minimum Gasteiger partial charge on any atom is -0.444 e. The number of aromatic amines is 1. The minimum atomic E-state index is -3.80. The summed E-state index contributed by atoms with van der Waals surface area (Å²) in [6, 6.07) is 25.8. The van der Waals surface area contributed by atoms with Gasteiger partial charge in [-0.25, -0.2) is 41.9 Å². The topological polar surface area (TPSA) is 183 Å². The van der Waals surface area contributed by atoms with Crippen LogP contribution in [0.5, 0.6) is 0 Å². The van der Waals surface area contributed by atoms with Gasteiger partial charge in [-0.15, -0.1) is 0 Å². The van der Waals surface area contributed by atoms with E-state index in [1.54, 1.807) is 36.7 Å². The number of rotatable bonds is 8. The highest BCUT2D eigenvalue weighted by molar-refractivity contribution is 7.90. The van der Waals surface area contributed by atoms with Crippen molar-refractivity contribution in [2.45, 2.75) is 77.7 Å². The fourth-order valence-electron chi connectivity index (χ4n) is 5.82. The standard InChI is InChI=1S/C25H26N4O4S.C18H20N4O2/c1-17-5-11-20(12-6-17)34(31,32)29-14-13-21-22(27-16-28-23(21)29)19-9-7-18(8-10-19)15-26-24(30)33-25(2,3)4;1-18(2,3)24-17(23)20-10-12-4-6-13(7-5-12)15-14-8-9-19-16(14)22-11-21-15/h5-14,16H,15H2,1-4H3,(H,26,30);4-9,11H,10H2,1-3H3,(H,20,23)(H,19,21,22). The molecule has 58 heavy (non-hydrogen) atoms. The molecule has 2 amide bonds. The van der Waals surface area contributed by atoms with Gasteiger partial charge in [0.15, 0.2) is 5.65 Å². The van der Waals surface area contributed by atoms with E-state index >= 15 is 0 Å². The second-order valence-corrected chi connectivity index (χ2v) is 17.3. The molecule has 7 rings (SSSR count). The molecule has 14 nitrogen and oxygen atoms in total. The highest BCUT2D eigenvalue weighted by atomic mass is 32.2. The third-order valence-corrected chi connectivity index (χ3v) is 10.2. The molecule has 0 atom stereocenters. The molecule has 4 heterocycles. The van der Waals surface area contributed by atoms with Crippen molar-refractivity contribution in [3.8, 4) is 22.5 Å². The van der Waals surface area contributed by atoms with Crippen molar-refractivity contribution in [3.05, 3.63) is 127 Å². The highest BCUT2D eigenvalue weighted by Gasteiger charge is 2.22. The largest absolute Gasteiger partial charge is 0.444 e. The molecule has 0 fully saturated rings. The molecule has 0 aliphatic carbocycles. The first-order chi connectivity index (χ1) is 27.5. The third kappa shape index (κ3) is 10.2. The first-order valence-corrected chi connectivity index (χ1v) is 20.0. The molecule has 7 aromatic rings. The molecular formula is C43H46N8O6S. The number of hydrogen-bond donors (Lipinski definition) is 3. The van der Waals surface area contributed by atoms with Crippen LogP contribution in [-0.2, 0) is 32.6 Å². The summed E-state index contributed by atoms with van der Waals surface area (Å²) in [5.41, 5.74) is 6.23. The lowest BCUT2D eigenvalue weighted by Crippen LogP contribution is -2.32. The lowest BCUT2D eigenvalue weighted by atomic mass is 10.1. The molecule has 3 aromatic carbocycles. The Labute approximate surface area is 337 Å². The molecule has 0 unspecified atom stereocenters. The van der Waals surface area contributed by atoms with E-state index in [2.05, 4.69) is 35.6 Å². The summed E-state index contributed by atoms with van der Waals surface area (Å²) in [5.74, 6) is 0. The van der Waals surface area contributed by atoms with Crippen LogP contribution < -0.4 is 10.6 Å². The van der Waals surface area contributed by atoms with E-state index in [0.29, 0.717) is 29.8 Å². The van der Waals surface area contributed by atoms with Crippen LogP contribution in [0.2, 0.25) is 0 Å². The molecule has 15 heteroatoms. The van der Waals surface area contributed by atoms with E-state index in [1.165, 1.54) is 16.5 Å². The van der Waals surface area contributed by atoms with Crippen LogP contribution >= 0.6 is 0 Å². The van der Waals surface area contributed by atoms with E-state index < -0.39 is 33.4 Å². The first kappa shape index (κ1) is 41.0. The second-order valence-electron chi connectivity index (χ2n) is 15.5. The van der Waals surface area contributed by atoms with Crippen LogP contribution in [-0.4, -0.2) is 60.7 Å². The summed E-state index contributed by atoms with van der Waals surface area (Å²) >= 11 is 0. The van der Waals surface area contributed by atoms with Gasteiger partial charge in [0.1, 0.15) is 29.5 Å². The van der Waals surface area contributed by atoms with E-state index in [9.17, 15) is 18.0 Å². The van der Waals surface area contributed by atoms with Gasteiger partial charge < -0.3 is 25.1 Å². The van der Waals surface area contributed by atoms with Gasteiger partial charge in [0.05, 0.1) is 16.3 Å². The van der Waals surface area contributed by atoms with Crippen molar-refractivity contribution in [1.82, 2.24) is 39.5 Å². The maximum absolute atomic E-state index is 13.2. The lowest BCUT2D eigenvalue weighted by molar-refractivity contribution is 0.0512. The van der Waals surface area contributed by atoms with E-state index in [0.717, 1.165) is 44.5 Å². The Bertz CT molecular complexity index is 2640. The molecule has 0 aliphatic rings. The van der Waals surface area contributed by atoms with Crippen LogP contribution in [0.25, 0.3) is 44.6 Å². The van der Waals surface area contributed by atoms with Crippen LogP contribution in [0, 0.1) is 6.92 Å². The van der Waals surface area contributed by atoms with Gasteiger partial charge >= 0.3 is 12.2 Å². The van der Waals surface area contributed by atoms with Gasteiger partial charge in [-0.3, -0.25) is 0 Å². The summed E-state index contributed by atoms with van der Waals surface area (Å²) in [5, 5.41) is 7.08. The smallest absolute Gasteiger partial charge is 0.407 e. The number of carbonyl (C=O) groups is 2. The number of nitrogens with zero attached hydrogens (tertiary/aromatic N) is 5. The number of aromatic nitrogens is 6. The Hall–Kier alpha value is -6.61. The molecule has 0 bridgehead atoms. The maximum atomic E-state index is 13.2. The number of benzene rings is 3. The summed E-state index contributed by atoms with van der Waals surface area (Å²) in [7, 11) is -3.80. The molecule has 300 valence electrons. The fourth-order valence-corrected chi connectivity index (χ4v) is 7.12. The molecule has 3 N–H and O–H groups in total. The van der Waals surface area contributed by atoms with Crippen molar-refractivity contribution in [2.24, 2.45) is 0 Å². The number of fused-ring (bicyclic) bond motifs is 2. The molecule has 0 saturated carbocycles. The quantitative estimate of drug-likeness (QED) is 0.135. The molecule has 4 aromatic heterocycles. The van der Waals surface area contributed by atoms with Crippen molar-refractivity contribution in [1.29, 1.82) is 0 Å². The number of amides is 2. The number of carbonyl (C=O) groups excluding carboxylic acids is 2. The predicted molar refractivity (Wildman–Crippen MR) is 222 cm³/mol. The summed E-state index contributed by atoms with van der Waals surface area (Å²) < 4.78 is 38.0. The molecular weight excluding hydrogens is 757 g/mol. The van der Waals surface area contributed by atoms with Gasteiger partial charge in [-0.05, 0) is 83.9 Å². The minimum absolute atomic E-state index is 0.192. The van der Waals surface area contributed by atoms with Crippen LogP contribution in [0.1, 0.15) is 58.2 Å². The molecule has 0 radical (unpaired) electrons.